The van der Waals surface area contributed by atoms with E-state index in [4.69, 9.17) is 11.1 Å². The summed E-state index contributed by atoms with van der Waals surface area (Å²) in [6, 6.07) is 0.907. The maximum atomic E-state index is 14.1. The fourth-order valence-corrected chi connectivity index (χ4v) is 6.51. The lowest BCUT2D eigenvalue weighted by molar-refractivity contribution is -0.138. The molecule has 40 heavy (non-hydrogen) atoms. The zero-order valence-electron chi connectivity index (χ0n) is 24.2. The molecule has 3 aliphatic rings. The van der Waals surface area contributed by atoms with Crippen molar-refractivity contribution in [1.29, 1.82) is 5.41 Å². The lowest BCUT2D eigenvalue weighted by Crippen LogP contribution is -2.67. The SMILES string of the molecule is CN(C)c1cc(CNCC(C)(C)C)c(O)c2c1C[C@H]1C[C@H]3[C@@H](N(C)C)C(O)=C(C(N)=O)C(=N)[C@@]3(O)C(=O)C1=C2O. The van der Waals surface area contributed by atoms with E-state index in [-0.39, 0.29) is 35.1 Å². The Balaban J connectivity index is 1.90. The number of aliphatic hydroxyl groups excluding tert-OH is 2. The van der Waals surface area contributed by atoms with Gasteiger partial charge in [-0.1, -0.05) is 20.8 Å². The van der Waals surface area contributed by atoms with Crippen molar-refractivity contribution in [3.05, 3.63) is 39.7 Å². The molecule has 1 amide bonds. The molecule has 0 aromatic heterocycles. The number of hydrogen-bond donors (Lipinski definition) is 7. The standard InChI is InChI=1S/C29H41N5O6/c1-28(2,3)12-32-11-14-10-17(33(4)5)15-8-13-9-16-21(34(6)7)24(37)20(27(31)39)25(30)29(16,40)26(38)18(13)23(36)19(15)22(14)35/h10,13,16,21,30,32,35-37,40H,8-9,11-12H2,1-7H3,(H2,31,39)/t13-,16-,21+,29+/m0/s1. The number of nitrogens with zero attached hydrogens (tertiary/aromatic N) is 2. The summed E-state index contributed by atoms with van der Waals surface area (Å²) in [6.07, 6.45) is 0.412. The maximum absolute atomic E-state index is 14.1. The number of aliphatic hydroxyl groups is 3. The van der Waals surface area contributed by atoms with E-state index in [1.54, 1.807) is 19.0 Å². The summed E-state index contributed by atoms with van der Waals surface area (Å²) in [5.41, 5.74) is 3.58. The average molecular weight is 556 g/mol. The first kappa shape index (κ1) is 29.6. The first-order valence-corrected chi connectivity index (χ1v) is 13.4. The molecule has 8 N–H and O–H groups in total. The molecule has 11 nitrogen and oxygen atoms in total. The highest BCUT2D eigenvalue weighted by Gasteiger charge is 2.63. The number of phenols is 1. The molecule has 1 aromatic rings. The van der Waals surface area contributed by atoms with Crippen molar-refractivity contribution >= 4 is 28.8 Å². The number of nitrogens with two attached hydrogens (primary N) is 1. The van der Waals surface area contributed by atoms with Crippen LogP contribution in [0, 0.1) is 22.7 Å². The van der Waals surface area contributed by atoms with Crippen LogP contribution in [0.4, 0.5) is 5.69 Å². The third-order valence-electron chi connectivity index (χ3n) is 8.28. The van der Waals surface area contributed by atoms with Crippen molar-refractivity contribution in [2.45, 2.75) is 51.8 Å². The second-order valence-electron chi connectivity index (χ2n) is 12.8. The van der Waals surface area contributed by atoms with Gasteiger partial charge in [0, 0.05) is 49.9 Å². The van der Waals surface area contributed by atoms with Crippen LogP contribution in [0.25, 0.3) is 5.76 Å². The Morgan fingerprint density at radius 3 is 2.35 bits per heavy atom. The number of likely N-dealkylation sites (N-methyl/N-ethyl adjacent to an activating group) is 1. The third kappa shape index (κ3) is 4.46. The van der Waals surface area contributed by atoms with Gasteiger partial charge < -0.3 is 41.8 Å². The number of nitrogens with one attached hydrogen (secondary N) is 2. The molecule has 1 fully saturated rings. The van der Waals surface area contributed by atoms with Gasteiger partial charge in [-0.2, -0.15) is 0 Å². The average Bonchev–Trinajstić information content (AvgIpc) is 2.81. The van der Waals surface area contributed by atoms with Gasteiger partial charge in [0.05, 0.1) is 17.3 Å². The van der Waals surface area contributed by atoms with Crippen LogP contribution in [0.15, 0.2) is 23.0 Å². The second-order valence-corrected chi connectivity index (χ2v) is 12.8. The minimum Gasteiger partial charge on any atom is -0.510 e. The Kier molecular flexibility index (Phi) is 7.32. The lowest BCUT2D eigenvalue weighted by Gasteiger charge is -2.51. The number of amides is 1. The number of rotatable bonds is 6. The van der Waals surface area contributed by atoms with Crippen molar-refractivity contribution in [1.82, 2.24) is 10.2 Å². The zero-order valence-corrected chi connectivity index (χ0v) is 24.2. The number of ketones is 1. The van der Waals surface area contributed by atoms with E-state index in [9.17, 15) is 30.0 Å². The molecule has 0 aliphatic heterocycles. The second kappa shape index (κ2) is 9.90. The van der Waals surface area contributed by atoms with Crippen LogP contribution in [0.2, 0.25) is 0 Å². The van der Waals surface area contributed by atoms with Gasteiger partial charge in [-0.15, -0.1) is 0 Å². The first-order chi connectivity index (χ1) is 18.4. The molecular formula is C29H41N5O6. The van der Waals surface area contributed by atoms with Crippen LogP contribution < -0.4 is 16.0 Å². The monoisotopic (exact) mass is 555 g/mol. The van der Waals surface area contributed by atoms with E-state index in [1.807, 2.05) is 25.1 Å². The zero-order chi connectivity index (χ0) is 30.1. The minimum atomic E-state index is -2.51. The fourth-order valence-electron chi connectivity index (χ4n) is 6.51. The molecule has 0 bridgehead atoms. The number of carbonyl (C=O) groups is 2. The van der Waals surface area contributed by atoms with Crippen molar-refractivity contribution in [2.75, 3.05) is 39.6 Å². The highest BCUT2D eigenvalue weighted by molar-refractivity contribution is 6.34. The molecule has 4 atom stereocenters. The van der Waals surface area contributed by atoms with Gasteiger partial charge in [-0.25, -0.2) is 0 Å². The Bertz CT molecular complexity index is 1360. The van der Waals surface area contributed by atoms with Crippen molar-refractivity contribution in [2.24, 2.45) is 23.0 Å². The van der Waals surface area contributed by atoms with Crippen molar-refractivity contribution < 1.29 is 30.0 Å². The van der Waals surface area contributed by atoms with Gasteiger partial charge in [0.15, 0.2) is 5.60 Å². The molecule has 0 unspecified atom stereocenters. The van der Waals surface area contributed by atoms with E-state index < -0.39 is 58.0 Å². The van der Waals surface area contributed by atoms with Gasteiger partial charge in [0.2, 0.25) is 5.78 Å². The minimum absolute atomic E-state index is 0.00751. The number of primary amides is 1. The highest BCUT2D eigenvalue weighted by Crippen LogP contribution is 2.53. The molecule has 0 radical (unpaired) electrons. The largest absolute Gasteiger partial charge is 0.510 e. The molecular weight excluding hydrogens is 514 g/mol. The summed E-state index contributed by atoms with van der Waals surface area (Å²) in [6.45, 7) is 7.26. The predicted octanol–water partition coefficient (Wildman–Crippen LogP) is 1.62. The molecule has 4 rings (SSSR count). The molecule has 1 saturated carbocycles. The number of phenolic OH excluding ortho intramolecular Hbond substituents is 1. The van der Waals surface area contributed by atoms with Crippen LogP contribution in [0.1, 0.15) is 43.9 Å². The van der Waals surface area contributed by atoms with E-state index in [1.165, 1.54) is 0 Å². The quantitative estimate of drug-likeness (QED) is 0.274. The van der Waals surface area contributed by atoms with Gasteiger partial charge in [0.25, 0.3) is 5.91 Å². The number of carbonyl (C=O) groups excluding carboxylic acids is 2. The smallest absolute Gasteiger partial charge is 0.254 e. The van der Waals surface area contributed by atoms with Gasteiger partial charge in [0.1, 0.15) is 22.8 Å². The molecule has 3 aliphatic carbocycles. The number of Topliss-reactive ketones (excluding diaryl/α,β-unsaturated/α-hetero) is 1. The third-order valence-corrected chi connectivity index (χ3v) is 8.28. The summed E-state index contributed by atoms with van der Waals surface area (Å²) in [5, 5.41) is 57.7. The van der Waals surface area contributed by atoms with Crippen molar-refractivity contribution in [3.8, 4) is 5.75 Å². The number of fused-ring (bicyclic) bond motifs is 3. The number of aromatic hydroxyl groups is 1. The van der Waals surface area contributed by atoms with E-state index in [0.717, 1.165) is 5.69 Å². The van der Waals surface area contributed by atoms with Crippen LogP contribution in [-0.4, -0.2) is 89.1 Å². The van der Waals surface area contributed by atoms with Gasteiger partial charge in [-0.05, 0) is 49.9 Å². The Hall–Kier alpha value is -3.41. The van der Waals surface area contributed by atoms with Crippen LogP contribution in [0.3, 0.4) is 0 Å². The summed E-state index contributed by atoms with van der Waals surface area (Å²) in [5.74, 6) is -4.68. The Labute approximate surface area is 234 Å². The van der Waals surface area contributed by atoms with Crippen LogP contribution in [0.5, 0.6) is 5.75 Å². The van der Waals surface area contributed by atoms with Crippen LogP contribution >= 0.6 is 0 Å². The summed E-state index contributed by atoms with van der Waals surface area (Å²) < 4.78 is 0. The molecule has 1 aromatic carbocycles. The lowest BCUT2D eigenvalue weighted by atomic mass is 9.56. The number of benzene rings is 1. The normalized spacial score (nSPS) is 26.6. The van der Waals surface area contributed by atoms with E-state index in [0.29, 0.717) is 24.2 Å². The Morgan fingerprint density at radius 2 is 1.82 bits per heavy atom. The van der Waals surface area contributed by atoms with E-state index in [2.05, 4.69) is 26.1 Å². The van der Waals surface area contributed by atoms with Gasteiger partial charge >= 0.3 is 0 Å². The fraction of sp³-hybridized carbons (Fsp3) is 0.552. The van der Waals surface area contributed by atoms with E-state index >= 15 is 0 Å². The molecule has 0 heterocycles. The summed E-state index contributed by atoms with van der Waals surface area (Å²) >= 11 is 0. The van der Waals surface area contributed by atoms with Crippen molar-refractivity contribution in [3.63, 3.8) is 0 Å². The number of anilines is 1. The molecule has 218 valence electrons. The van der Waals surface area contributed by atoms with Crippen LogP contribution in [-0.2, 0) is 22.6 Å². The maximum Gasteiger partial charge on any atom is 0.254 e. The van der Waals surface area contributed by atoms with Gasteiger partial charge in [-0.3, -0.25) is 14.5 Å². The molecule has 0 saturated heterocycles. The topological polar surface area (TPSA) is 183 Å². The predicted molar refractivity (Wildman–Crippen MR) is 152 cm³/mol. The molecule has 11 heteroatoms. The summed E-state index contributed by atoms with van der Waals surface area (Å²) in [4.78, 5) is 29.8. The molecule has 0 spiro atoms. The first-order valence-electron chi connectivity index (χ1n) is 13.4. The highest BCUT2D eigenvalue weighted by atomic mass is 16.3. The Morgan fingerprint density at radius 1 is 1.20 bits per heavy atom. The number of hydrogen-bond acceptors (Lipinski definition) is 10. The summed E-state index contributed by atoms with van der Waals surface area (Å²) in [7, 11) is 6.99.